The van der Waals surface area contributed by atoms with Gasteiger partial charge in [0.25, 0.3) is 0 Å². The lowest BCUT2D eigenvalue weighted by atomic mass is 9.84. The summed E-state index contributed by atoms with van der Waals surface area (Å²) in [5.41, 5.74) is 6.72. The van der Waals surface area contributed by atoms with Crippen LogP contribution in [-0.2, 0) is 31.9 Å². The molecular weight excluding hydrogens is 528 g/mol. The molecule has 0 amide bonds. The van der Waals surface area contributed by atoms with Crippen LogP contribution in [0.4, 0.5) is 0 Å². The van der Waals surface area contributed by atoms with Gasteiger partial charge in [0.2, 0.25) is 0 Å². The van der Waals surface area contributed by atoms with E-state index in [4.69, 9.17) is 9.47 Å². The van der Waals surface area contributed by atoms with Crippen molar-refractivity contribution in [3.8, 4) is 33.8 Å². The first kappa shape index (κ1) is 30.4. The molecule has 2 N–H and O–H groups in total. The number of phenolic OH excluding ortho intramolecular Hbond substituents is 2. The van der Waals surface area contributed by atoms with Crippen LogP contribution < -0.4 is 0 Å². The van der Waals surface area contributed by atoms with Gasteiger partial charge in [-0.1, -0.05) is 86.8 Å². The Labute approximate surface area is 247 Å². The molecule has 218 valence electrons. The Morgan fingerprint density at radius 3 is 1.57 bits per heavy atom. The first-order chi connectivity index (χ1) is 20.3. The van der Waals surface area contributed by atoms with Gasteiger partial charge in [0.1, 0.15) is 11.5 Å². The van der Waals surface area contributed by atoms with Crippen molar-refractivity contribution < 1.29 is 29.3 Å². The van der Waals surface area contributed by atoms with Crippen LogP contribution >= 0.6 is 0 Å². The van der Waals surface area contributed by atoms with Crippen LogP contribution in [0.3, 0.4) is 0 Å². The van der Waals surface area contributed by atoms with Crippen molar-refractivity contribution in [2.45, 2.75) is 51.4 Å². The van der Waals surface area contributed by atoms with Crippen LogP contribution in [0.5, 0.6) is 11.5 Å². The van der Waals surface area contributed by atoms with E-state index in [2.05, 4.69) is 6.92 Å². The highest BCUT2D eigenvalue weighted by Crippen LogP contribution is 2.40. The molecule has 0 saturated heterocycles. The summed E-state index contributed by atoms with van der Waals surface area (Å²) in [4.78, 5) is 23.7. The van der Waals surface area contributed by atoms with Crippen LogP contribution in [0.25, 0.3) is 22.3 Å². The molecule has 4 aromatic rings. The van der Waals surface area contributed by atoms with Crippen molar-refractivity contribution >= 4 is 11.9 Å². The molecule has 0 heterocycles. The monoisotopic (exact) mass is 566 g/mol. The highest BCUT2D eigenvalue weighted by atomic mass is 16.5. The number of benzene rings is 4. The van der Waals surface area contributed by atoms with E-state index >= 15 is 0 Å². The molecule has 0 bridgehead atoms. The summed E-state index contributed by atoms with van der Waals surface area (Å²) in [6.45, 7) is 2.18. The highest BCUT2D eigenvalue weighted by molar-refractivity contribution is 5.77. The first-order valence-corrected chi connectivity index (χ1v) is 14.3. The van der Waals surface area contributed by atoms with Gasteiger partial charge in [0.05, 0.1) is 27.1 Å². The summed E-state index contributed by atoms with van der Waals surface area (Å²) in [5, 5.41) is 21.7. The van der Waals surface area contributed by atoms with Crippen molar-refractivity contribution in [2.24, 2.45) is 0 Å². The van der Waals surface area contributed by atoms with Crippen molar-refractivity contribution in [3.63, 3.8) is 0 Å². The van der Waals surface area contributed by atoms with E-state index in [-0.39, 0.29) is 42.2 Å². The normalized spacial score (nSPS) is 11.0. The number of carbonyl (C=O) groups is 2. The number of methoxy groups -OCH3 is 2. The van der Waals surface area contributed by atoms with E-state index in [9.17, 15) is 19.8 Å². The number of rotatable bonds is 12. The van der Waals surface area contributed by atoms with Gasteiger partial charge in [-0.2, -0.15) is 0 Å². The molecule has 0 spiro atoms. The van der Waals surface area contributed by atoms with Gasteiger partial charge in [-0.05, 0) is 64.1 Å². The fourth-order valence-corrected chi connectivity index (χ4v) is 5.30. The van der Waals surface area contributed by atoms with Crippen LogP contribution in [-0.4, -0.2) is 36.4 Å². The maximum Gasteiger partial charge on any atom is 0.309 e. The molecule has 0 aliphatic carbocycles. The standard InChI is InChI=1S/C36H38O6/c1-4-5-6-13-30(28-14-16-33(37)31(22-28)26-11-7-9-24(18-26)20-35(39)41-2)29-15-17-34(38)32(23-29)27-12-8-10-25(19-27)21-36(40)42-3/h7-12,14-19,22-23,30,37-38H,4-6,13,20-21H2,1-3H3. The van der Waals surface area contributed by atoms with Gasteiger partial charge in [-0.15, -0.1) is 0 Å². The Kier molecular flexibility index (Phi) is 10.4. The minimum absolute atomic E-state index is 0.0201. The number of carbonyl (C=O) groups excluding carboxylic acids is 2. The lowest BCUT2D eigenvalue weighted by molar-refractivity contribution is -0.140. The molecule has 4 rings (SSSR count). The van der Waals surface area contributed by atoms with Crippen LogP contribution in [0.15, 0.2) is 84.9 Å². The third-order valence-electron chi connectivity index (χ3n) is 7.57. The van der Waals surface area contributed by atoms with Crippen LogP contribution in [0.2, 0.25) is 0 Å². The Bertz CT molecular complexity index is 1430. The SMILES string of the molecule is CCCCCC(c1ccc(O)c(-c2cccc(CC(=O)OC)c2)c1)c1ccc(O)c(-c2cccc(CC(=O)OC)c2)c1. The fourth-order valence-electron chi connectivity index (χ4n) is 5.30. The minimum atomic E-state index is -0.319. The second-order valence-corrected chi connectivity index (χ2v) is 10.5. The summed E-state index contributed by atoms with van der Waals surface area (Å²) in [6.07, 6.45) is 4.42. The molecule has 42 heavy (non-hydrogen) atoms. The van der Waals surface area contributed by atoms with Gasteiger partial charge in [0.15, 0.2) is 0 Å². The molecule has 0 unspecified atom stereocenters. The summed E-state index contributed by atoms with van der Waals surface area (Å²) in [7, 11) is 2.74. The largest absolute Gasteiger partial charge is 0.507 e. The number of hydrogen-bond donors (Lipinski definition) is 2. The van der Waals surface area contributed by atoms with E-state index in [1.807, 2.05) is 72.8 Å². The zero-order chi connectivity index (χ0) is 30.1. The van der Waals surface area contributed by atoms with E-state index in [1.54, 1.807) is 12.1 Å². The zero-order valence-corrected chi connectivity index (χ0v) is 24.4. The quantitative estimate of drug-likeness (QED) is 0.136. The highest BCUT2D eigenvalue weighted by Gasteiger charge is 2.19. The Morgan fingerprint density at radius 2 is 1.14 bits per heavy atom. The lowest BCUT2D eigenvalue weighted by Crippen LogP contribution is -2.05. The smallest absolute Gasteiger partial charge is 0.309 e. The van der Waals surface area contributed by atoms with Gasteiger partial charge >= 0.3 is 11.9 Å². The average Bonchev–Trinajstić information content (AvgIpc) is 3.00. The molecule has 6 nitrogen and oxygen atoms in total. The van der Waals surface area contributed by atoms with E-state index < -0.39 is 0 Å². The van der Waals surface area contributed by atoms with Crippen molar-refractivity contribution in [1.29, 1.82) is 0 Å². The number of unbranched alkanes of at least 4 members (excludes halogenated alkanes) is 2. The molecule has 0 radical (unpaired) electrons. The first-order valence-electron chi connectivity index (χ1n) is 14.3. The molecule has 0 saturated carbocycles. The Hall–Kier alpha value is -4.58. The van der Waals surface area contributed by atoms with Gasteiger partial charge in [-0.3, -0.25) is 9.59 Å². The molecule has 0 aromatic heterocycles. The maximum atomic E-state index is 11.8. The minimum Gasteiger partial charge on any atom is -0.507 e. The van der Waals surface area contributed by atoms with E-state index in [0.29, 0.717) is 11.1 Å². The number of aromatic hydroxyl groups is 2. The summed E-state index contributed by atoms with van der Waals surface area (Å²) in [5.74, 6) is -0.294. The summed E-state index contributed by atoms with van der Waals surface area (Å²) < 4.78 is 9.64. The maximum absolute atomic E-state index is 11.8. The van der Waals surface area contributed by atoms with Crippen LogP contribution in [0.1, 0.15) is 60.8 Å². The predicted molar refractivity (Wildman–Crippen MR) is 165 cm³/mol. The molecule has 0 fully saturated rings. The third-order valence-corrected chi connectivity index (χ3v) is 7.57. The van der Waals surface area contributed by atoms with Gasteiger partial charge in [-0.25, -0.2) is 0 Å². The third kappa shape index (κ3) is 7.58. The second kappa shape index (κ2) is 14.4. The molecule has 0 aliphatic rings. The molecule has 6 heteroatoms. The van der Waals surface area contributed by atoms with Crippen LogP contribution in [0, 0.1) is 0 Å². The number of phenols is 2. The number of hydrogen-bond acceptors (Lipinski definition) is 6. The number of esters is 2. The zero-order valence-electron chi connectivity index (χ0n) is 24.4. The average molecular weight is 567 g/mol. The predicted octanol–water partition coefficient (Wildman–Crippen LogP) is 7.58. The molecule has 4 aromatic carbocycles. The fraction of sp³-hybridized carbons (Fsp3) is 0.278. The van der Waals surface area contributed by atoms with E-state index in [1.165, 1.54) is 14.2 Å². The van der Waals surface area contributed by atoms with Crippen molar-refractivity contribution in [2.75, 3.05) is 14.2 Å². The summed E-state index contributed by atoms with van der Waals surface area (Å²) >= 11 is 0. The molecular formula is C36H38O6. The Morgan fingerprint density at radius 1 is 0.667 bits per heavy atom. The van der Waals surface area contributed by atoms with Gasteiger partial charge < -0.3 is 19.7 Å². The second-order valence-electron chi connectivity index (χ2n) is 10.5. The molecule has 0 atom stereocenters. The van der Waals surface area contributed by atoms with E-state index in [0.717, 1.165) is 59.1 Å². The van der Waals surface area contributed by atoms with Crippen molar-refractivity contribution in [1.82, 2.24) is 0 Å². The number of ether oxygens (including phenoxy) is 2. The Balaban J connectivity index is 1.74. The summed E-state index contributed by atoms with van der Waals surface area (Å²) in [6, 6.07) is 26.5. The topological polar surface area (TPSA) is 93.1 Å². The lowest BCUT2D eigenvalue weighted by Gasteiger charge is -2.21. The van der Waals surface area contributed by atoms with Gasteiger partial charge in [0, 0.05) is 17.0 Å². The van der Waals surface area contributed by atoms with Crippen molar-refractivity contribution in [3.05, 3.63) is 107 Å². The molecule has 0 aliphatic heterocycles.